The number of hydrogen-bond acceptors (Lipinski definition) is 4. The van der Waals surface area contributed by atoms with Crippen LogP contribution in [0.5, 0.6) is 0 Å². The summed E-state index contributed by atoms with van der Waals surface area (Å²) in [7, 11) is -3.38. The Morgan fingerprint density at radius 1 is 0.968 bits per heavy atom. The van der Waals surface area contributed by atoms with Crippen molar-refractivity contribution in [2.75, 3.05) is 49.8 Å². The fourth-order valence-electron chi connectivity index (χ4n) is 3.69. The Hall–Kier alpha value is -2.64. The Morgan fingerprint density at radius 3 is 2.19 bits per heavy atom. The normalized spacial score (nSPS) is 15.3. The molecule has 0 radical (unpaired) electrons. The number of piperazine rings is 1. The van der Waals surface area contributed by atoms with Crippen LogP contribution in [0.25, 0.3) is 6.08 Å². The zero-order valence-electron chi connectivity index (χ0n) is 18.1. The molecule has 1 aliphatic heterocycles. The van der Waals surface area contributed by atoms with Crippen molar-refractivity contribution in [1.29, 1.82) is 0 Å². The molecule has 3 rings (SSSR count). The van der Waals surface area contributed by atoms with E-state index in [1.165, 1.54) is 16.1 Å². The average molecular weight is 442 g/mol. The van der Waals surface area contributed by atoms with Gasteiger partial charge in [-0.2, -0.15) is 0 Å². The topological polar surface area (TPSA) is 60.9 Å². The Balaban J connectivity index is 1.41. The largest absolute Gasteiger partial charge is 0.340 e. The quantitative estimate of drug-likeness (QED) is 0.600. The highest BCUT2D eigenvalue weighted by molar-refractivity contribution is 7.92. The van der Waals surface area contributed by atoms with Crippen LogP contribution in [0.4, 0.5) is 5.69 Å². The van der Waals surface area contributed by atoms with Gasteiger partial charge in [-0.15, -0.1) is 0 Å². The van der Waals surface area contributed by atoms with Gasteiger partial charge in [-0.3, -0.25) is 14.0 Å². The summed E-state index contributed by atoms with van der Waals surface area (Å²) in [4.78, 5) is 16.8. The van der Waals surface area contributed by atoms with Crippen molar-refractivity contribution in [3.05, 3.63) is 72.3 Å². The first-order valence-corrected chi connectivity index (χ1v) is 12.5. The van der Waals surface area contributed by atoms with E-state index in [4.69, 9.17) is 0 Å². The van der Waals surface area contributed by atoms with Crippen LogP contribution in [-0.4, -0.2) is 69.6 Å². The number of anilines is 1. The molecule has 6 nitrogen and oxygen atoms in total. The lowest BCUT2D eigenvalue weighted by atomic mass is 10.2. The number of sulfonamides is 1. The molecule has 0 aliphatic carbocycles. The monoisotopic (exact) mass is 441 g/mol. The van der Waals surface area contributed by atoms with Crippen LogP contribution in [0.2, 0.25) is 0 Å². The van der Waals surface area contributed by atoms with Crippen molar-refractivity contribution in [2.45, 2.75) is 12.8 Å². The van der Waals surface area contributed by atoms with E-state index in [2.05, 4.69) is 29.2 Å². The maximum atomic E-state index is 12.6. The van der Waals surface area contributed by atoms with E-state index < -0.39 is 10.0 Å². The summed E-state index contributed by atoms with van der Waals surface area (Å²) in [6, 6.07) is 19.2. The molecule has 1 amide bonds. The van der Waals surface area contributed by atoms with Crippen molar-refractivity contribution in [2.24, 2.45) is 0 Å². The number of carbonyl (C=O) groups is 1. The van der Waals surface area contributed by atoms with Crippen LogP contribution in [0.15, 0.2) is 66.7 Å². The second-order valence-electron chi connectivity index (χ2n) is 7.77. The van der Waals surface area contributed by atoms with Gasteiger partial charge in [0, 0.05) is 45.7 Å². The van der Waals surface area contributed by atoms with Crippen LogP contribution in [0, 0.1) is 0 Å². The Morgan fingerprint density at radius 2 is 1.58 bits per heavy atom. The summed E-state index contributed by atoms with van der Waals surface area (Å²) in [6.07, 6.45) is 6.34. The van der Waals surface area contributed by atoms with Gasteiger partial charge in [0.05, 0.1) is 11.9 Å². The van der Waals surface area contributed by atoms with Crippen molar-refractivity contribution in [3.63, 3.8) is 0 Å². The summed E-state index contributed by atoms with van der Waals surface area (Å²) in [6.45, 7) is 4.31. The maximum absolute atomic E-state index is 12.6. The number of benzene rings is 2. The standard InChI is InChI=1S/C24H31N3O3S/c1-31(29,30)27(23-13-6-3-7-14-23)17-9-15-24(28)26-20-18-25(19-21-26)16-8-12-22-10-4-2-5-11-22/h2-8,10-14H,9,15-21H2,1H3. The second-order valence-corrected chi connectivity index (χ2v) is 9.68. The van der Waals surface area contributed by atoms with Crippen molar-refractivity contribution < 1.29 is 13.2 Å². The van der Waals surface area contributed by atoms with Crippen LogP contribution in [0.1, 0.15) is 18.4 Å². The number of nitrogens with zero attached hydrogens (tertiary/aromatic N) is 3. The number of rotatable bonds is 9. The minimum absolute atomic E-state index is 0.0981. The molecule has 2 aromatic carbocycles. The summed E-state index contributed by atoms with van der Waals surface area (Å²) in [5, 5.41) is 0. The highest BCUT2D eigenvalue weighted by atomic mass is 32.2. The molecule has 31 heavy (non-hydrogen) atoms. The van der Waals surface area contributed by atoms with Gasteiger partial charge in [-0.1, -0.05) is 60.7 Å². The molecule has 2 aromatic rings. The van der Waals surface area contributed by atoms with E-state index in [-0.39, 0.29) is 5.91 Å². The predicted molar refractivity (Wildman–Crippen MR) is 126 cm³/mol. The fourth-order valence-corrected chi connectivity index (χ4v) is 4.66. The molecule has 1 heterocycles. The Kier molecular flexibility index (Phi) is 8.26. The molecule has 0 unspecified atom stereocenters. The molecule has 0 spiro atoms. The molecule has 0 atom stereocenters. The van der Waals surface area contributed by atoms with Crippen molar-refractivity contribution >= 4 is 27.7 Å². The summed E-state index contributed by atoms with van der Waals surface area (Å²) < 4.78 is 25.7. The molecule has 166 valence electrons. The molecule has 1 aliphatic rings. The van der Waals surface area contributed by atoms with Gasteiger partial charge in [0.2, 0.25) is 15.9 Å². The molecular formula is C24H31N3O3S. The molecular weight excluding hydrogens is 410 g/mol. The average Bonchev–Trinajstić information content (AvgIpc) is 2.77. The Bertz CT molecular complexity index is 954. The van der Waals surface area contributed by atoms with E-state index in [0.717, 1.165) is 19.6 Å². The van der Waals surface area contributed by atoms with Crippen molar-refractivity contribution in [1.82, 2.24) is 9.80 Å². The lowest BCUT2D eigenvalue weighted by molar-refractivity contribution is -0.132. The minimum Gasteiger partial charge on any atom is -0.340 e. The molecule has 1 fully saturated rings. The molecule has 1 saturated heterocycles. The third-order valence-electron chi connectivity index (χ3n) is 5.39. The Labute approximate surface area is 185 Å². The molecule has 0 aromatic heterocycles. The van der Waals surface area contributed by atoms with Crippen LogP contribution >= 0.6 is 0 Å². The van der Waals surface area contributed by atoms with Gasteiger partial charge in [-0.25, -0.2) is 8.42 Å². The third kappa shape index (κ3) is 7.22. The summed E-state index contributed by atoms with van der Waals surface area (Å²) >= 11 is 0. The zero-order valence-corrected chi connectivity index (χ0v) is 18.9. The molecule has 7 heteroatoms. The predicted octanol–water partition coefficient (Wildman–Crippen LogP) is 3.09. The van der Waals surface area contributed by atoms with E-state index in [9.17, 15) is 13.2 Å². The fraction of sp³-hybridized carbons (Fsp3) is 0.375. The van der Waals surface area contributed by atoms with Gasteiger partial charge >= 0.3 is 0 Å². The minimum atomic E-state index is -3.38. The van der Waals surface area contributed by atoms with Crippen LogP contribution < -0.4 is 4.31 Å². The highest BCUT2D eigenvalue weighted by Gasteiger charge is 2.21. The maximum Gasteiger partial charge on any atom is 0.232 e. The summed E-state index contributed by atoms with van der Waals surface area (Å²) in [5.41, 5.74) is 1.82. The van der Waals surface area contributed by atoms with Gasteiger partial charge in [-0.05, 0) is 24.1 Å². The zero-order chi connectivity index (χ0) is 22.1. The lowest BCUT2D eigenvalue weighted by Crippen LogP contribution is -2.48. The van der Waals surface area contributed by atoms with E-state index in [0.29, 0.717) is 38.2 Å². The highest BCUT2D eigenvalue weighted by Crippen LogP contribution is 2.18. The van der Waals surface area contributed by atoms with Gasteiger partial charge in [0.1, 0.15) is 0 Å². The van der Waals surface area contributed by atoms with Gasteiger partial charge in [0.15, 0.2) is 0 Å². The van der Waals surface area contributed by atoms with E-state index in [1.807, 2.05) is 41.3 Å². The van der Waals surface area contributed by atoms with Crippen LogP contribution in [0.3, 0.4) is 0 Å². The second kappa shape index (κ2) is 11.1. The van der Waals surface area contributed by atoms with E-state index in [1.54, 1.807) is 12.1 Å². The molecule has 0 bridgehead atoms. The lowest BCUT2D eigenvalue weighted by Gasteiger charge is -2.34. The van der Waals surface area contributed by atoms with Crippen molar-refractivity contribution in [3.8, 4) is 0 Å². The first-order valence-electron chi connectivity index (χ1n) is 10.7. The van der Waals surface area contributed by atoms with E-state index >= 15 is 0 Å². The first-order chi connectivity index (χ1) is 14.9. The van der Waals surface area contributed by atoms with Crippen LogP contribution in [-0.2, 0) is 14.8 Å². The smallest absolute Gasteiger partial charge is 0.232 e. The third-order valence-corrected chi connectivity index (χ3v) is 6.59. The number of hydrogen-bond donors (Lipinski definition) is 0. The number of carbonyl (C=O) groups excluding carboxylic acids is 1. The molecule has 0 saturated carbocycles. The van der Waals surface area contributed by atoms with Gasteiger partial charge < -0.3 is 4.90 Å². The van der Waals surface area contributed by atoms with Gasteiger partial charge in [0.25, 0.3) is 0 Å². The summed E-state index contributed by atoms with van der Waals surface area (Å²) in [5.74, 6) is 0.0981. The molecule has 0 N–H and O–H groups in total. The number of para-hydroxylation sites is 1. The first kappa shape index (κ1) is 23.0. The SMILES string of the molecule is CS(=O)(=O)N(CCCC(=O)N1CCN(CC=Cc2ccccc2)CC1)c1ccccc1. The number of amides is 1.